The molecule has 1 rings (SSSR count). The van der Waals surface area contributed by atoms with E-state index in [9.17, 15) is 0 Å². The maximum absolute atomic E-state index is 8.83. The lowest BCUT2D eigenvalue weighted by atomic mass is 10.3. The second-order valence-electron chi connectivity index (χ2n) is 2.09. The second kappa shape index (κ2) is 2.44. The Labute approximate surface area is 48.8 Å². The number of nitrogens with zero attached hydrogens (tertiary/aromatic N) is 1. The lowest BCUT2D eigenvalue weighted by Gasteiger charge is -2.25. The van der Waals surface area contributed by atoms with Crippen LogP contribution < -0.4 is 0 Å². The van der Waals surface area contributed by atoms with E-state index in [1.807, 2.05) is 6.92 Å². The molecule has 48 valence electrons. The lowest BCUT2D eigenvalue weighted by molar-refractivity contribution is -0.164. The average Bonchev–Trinajstić information content (AvgIpc) is 1.64. The molecule has 1 saturated heterocycles. The van der Waals surface area contributed by atoms with Crippen molar-refractivity contribution in [3.05, 3.63) is 0 Å². The van der Waals surface area contributed by atoms with Gasteiger partial charge in [0.25, 0.3) is 0 Å². The minimum absolute atomic E-state index is 0.189. The molecule has 3 nitrogen and oxygen atoms in total. The van der Waals surface area contributed by atoms with Crippen LogP contribution in [0, 0.1) is 0 Å². The summed E-state index contributed by atoms with van der Waals surface area (Å²) < 4.78 is 5.15. The number of hydrogen-bond acceptors (Lipinski definition) is 3. The van der Waals surface area contributed by atoms with Crippen molar-refractivity contribution in [1.29, 1.82) is 0 Å². The molecule has 0 spiro atoms. The number of hydrogen-bond donors (Lipinski definition) is 1. The van der Waals surface area contributed by atoms with Crippen LogP contribution in [0.15, 0.2) is 0 Å². The van der Waals surface area contributed by atoms with Gasteiger partial charge in [0.1, 0.15) is 0 Å². The Bertz CT molecular complexity index is 68.8. The summed E-state index contributed by atoms with van der Waals surface area (Å²) >= 11 is 0. The fourth-order valence-corrected chi connectivity index (χ4v) is 0.800. The molecule has 1 heterocycles. The third kappa shape index (κ3) is 1.43. The van der Waals surface area contributed by atoms with Gasteiger partial charge in [-0.25, -0.2) is 0 Å². The average molecular weight is 117 g/mol. The molecular weight excluding hydrogens is 106 g/mol. The first-order valence-electron chi connectivity index (χ1n) is 2.84. The SMILES string of the molecule is CC1CN(O)CCO1. The Morgan fingerprint density at radius 2 is 2.50 bits per heavy atom. The summed E-state index contributed by atoms with van der Waals surface area (Å²) in [6.45, 7) is 3.88. The van der Waals surface area contributed by atoms with Crippen LogP contribution >= 0.6 is 0 Å². The molecule has 0 aromatic carbocycles. The van der Waals surface area contributed by atoms with E-state index in [0.717, 1.165) is 0 Å². The molecule has 1 aliphatic heterocycles. The zero-order valence-corrected chi connectivity index (χ0v) is 5.00. The van der Waals surface area contributed by atoms with Crippen LogP contribution in [0.1, 0.15) is 6.92 Å². The molecule has 1 N–H and O–H groups in total. The molecule has 3 heteroatoms. The summed E-state index contributed by atoms with van der Waals surface area (Å²) in [6.07, 6.45) is 0.189. The van der Waals surface area contributed by atoms with E-state index in [2.05, 4.69) is 0 Å². The predicted molar refractivity (Wildman–Crippen MR) is 28.8 cm³/mol. The highest BCUT2D eigenvalue weighted by atomic mass is 16.5. The van der Waals surface area contributed by atoms with Crippen molar-refractivity contribution in [3.63, 3.8) is 0 Å². The molecule has 0 aromatic heterocycles. The van der Waals surface area contributed by atoms with Crippen molar-refractivity contribution < 1.29 is 9.94 Å². The van der Waals surface area contributed by atoms with Crippen molar-refractivity contribution >= 4 is 0 Å². The van der Waals surface area contributed by atoms with Gasteiger partial charge in [0, 0.05) is 13.1 Å². The molecule has 1 unspecified atom stereocenters. The standard InChI is InChI=1S/C5H11NO2/c1-5-4-6(7)2-3-8-5/h5,7H,2-4H2,1H3. The molecule has 1 aliphatic rings. The maximum Gasteiger partial charge on any atom is 0.0697 e. The Hall–Kier alpha value is -0.120. The van der Waals surface area contributed by atoms with Crippen LogP contribution in [0.25, 0.3) is 0 Å². The zero-order chi connectivity index (χ0) is 5.98. The van der Waals surface area contributed by atoms with Gasteiger partial charge in [-0.3, -0.25) is 0 Å². The summed E-state index contributed by atoms with van der Waals surface area (Å²) in [5.41, 5.74) is 0. The van der Waals surface area contributed by atoms with E-state index in [0.29, 0.717) is 19.7 Å². The van der Waals surface area contributed by atoms with Crippen LogP contribution in [-0.2, 0) is 4.74 Å². The minimum atomic E-state index is 0.189. The number of morpholine rings is 1. The maximum atomic E-state index is 8.83. The van der Waals surface area contributed by atoms with Gasteiger partial charge in [-0.05, 0) is 6.92 Å². The van der Waals surface area contributed by atoms with Gasteiger partial charge in [0.2, 0.25) is 0 Å². The fraction of sp³-hybridized carbons (Fsp3) is 1.00. The minimum Gasteiger partial charge on any atom is -0.376 e. The predicted octanol–water partition coefficient (Wildman–Crippen LogP) is 0.0963. The van der Waals surface area contributed by atoms with E-state index in [4.69, 9.17) is 9.94 Å². The summed E-state index contributed by atoms with van der Waals surface area (Å²) in [6, 6.07) is 0. The second-order valence-corrected chi connectivity index (χ2v) is 2.09. The molecule has 0 radical (unpaired) electrons. The van der Waals surface area contributed by atoms with Crippen LogP contribution in [0.2, 0.25) is 0 Å². The molecule has 1 fully saturated rings. The van der Waals surface area contributed by atoms with Gasteiger partial charge in [-0.1, -0.05) is 0 Å². The third-order valence-electron chi connectivity index (χ3n) is 1.22. The van der Waals surface area contributed by atoms with Gasteiger partial charge < -0.3 is 9.94 Å². The fourth-order valence-electron chi connectivity index (χ4n) is 0.800. The first-order chi connectivity index (χ1) is 3.79. The van der Waals surface area contributed by atoms with Crippen LogP contribution in [0.4, 0.5) is 0 Å². The summed E-state index contributed by atoms with van der Waals surface area (Å²) in [5.74, 6) is 0. The van der Waals surface area contributed by atoms with Crippen molar-refractivity contribution in [1.82, 2.24) is 5.06 Å². The smallest absolute Gasteiger partial charge is 0.0697 e. The van der Waals surface area contributed by atoms with Crippen molar-refractivity contribution in [2.24, 2.45) is 0 Å². The van der Waals surface area contributed by atoms with E-state index in [1.165, 1.54) is 5.06 Å². The van der Waals surface area contributed by atoms with E-state index in [1.54, 1.807) is 0 Å². The van der Waals surface area contributed by atoms with Gasteiger partial charge in [0.15, 0.2) is 0 Å². The Morgan fingerprint density at radius 3 is 2.88 bits per heavy atom. The Kier molecular flexibility index (Phi) is 1.83. The first kappa shape index (κ1) is 6.01. The summed E-state index contributed by atoms with van der Waals surface area (Å²) in [7, 11) is 0. The Morgan fingerprint density at radius 1 is 1.75 bits per heavy atom. The van der Waals surface area contributed by atoms with Crippen LogP contribution in [0.3, 0.4) is 0 Å². The van der Waals surface area contributed by atoms with Crippen molar-refractivity contribution in [3.8, 4) is 0 Å². The highest BCUT2D eigenvalue weighted by Gasteiger charge is 2.13. The Balaban J connectivity index is 2.23. The molecule has 0 aromatic rings. The van der Waals surface area contributed by atoms with Crippen LogP contribution in [0.5, 0.6) is 0 Å². The summed E-state index contributed by atoms with van der Waals surface area (Å²) in [5, 5.41) is 10.1. The quantitative estimate of drug-likeness (QED) is 0.488. The molecule has 0 amide bonds. The molecule has 0 bridgehead atoms. The van der Waals surface area contributed by atoms with Crippen molar-refractivity contribution in [2.45, 2.75) is 13.0 Å². The zero-order valence-electron chi connectivity index (χ0n) is 5.00. The molecule has 1 atom stereocenters. The number of ether oxygens (including phenoxy) is 1. The highest BCUT2D eigenvalue weighted by Crippen LogP contribution is 1.99. The number of hydroxylamine groups is 2. The van der Waals surface area contributed by atoms with Crippen molar-refractivity contribution in [2.75, 3.05) is 19.7 Å². The molecule has 0 saturated carbocycles. The first-order valence-corrected chi connectivity index (χ1v) is 2.84. The molecule has 8 heavy (non-hydrogen) atoms. The van der Waals surface area contributed by atoms with Gasteiger partial charge >= 0.3 is 0 Å². The van der Waals surface area contributed by atoms with E-state index in [-0.39, 0.29) is 6.10 Å². The monoisotopic (exact) mass is 117 g/mol. The topological polar surface area (TPSA) is 32.7 Å². The molecule has 0 aliphatic carbocycles. The van der Waals surface area contributed by atoms with Crippen LogP contribution in [-0.4, -0.2) is 36.1 Å². The molecular formula is C5H11NO2. The van der Waals surface area contributed by atoms with E-state index >= 15 is 0 Å². The van der Waals surface area contributed by atoms with Gasteiger partial charge in [0.05, 0.1) is 12.7 Å². The third-order valence-corrected chi connectivity index (χ3v) is 1.22. The van der Waals surface area contributed by atoms with Gasteiger partial charge in [-0.15, -0.1) is 0 Å². The number of rotatable bonds is 0. The van der Waals surface area contributed by atoms with E-state index < -0.39 is 0 Å². The largest absolute Gasteiger partial charge is 0.376 e. The lowest BCUT2D eigenvalue weighted by Crippen LogP contribution is -2.38. The van der Waals surface area contributed by atoms with Gasteiger partial charge in [-0.2, -0.15) is 5.06 Å². The highest BCUT2D eigenvalue weighted by molar-refractivity contribution is 4.59. The summed E-state index contributed by atoms with van der Waals surface area (Å²) in [4.78, 5) is 0. The normalized spacial score (nSPS) is 33.0.